The molecular weight excluding hydrogens is 438 g/mol. The Morgan fingerprint density at radius 3 is 2.06 bits per heavy atom. The largest absolute Gasteiger partial charge is 0.333 e. The highest BCUT2D eigenvalue weighted by Crippen LogP contribution is 2.36. The summed E-state index contributed by atoms with van der Waals surface area (Å²) in [5.74, 6) is -0.536. The quantitative estimate of drug-likeness (QED) is 0.503. The summed E-state index contributed by atoms with van der Waals surface area (Å²) in [7, 11) is 0. The third-order valence-electron chi connectivity index (χ3n) is 6.11. The number of imide groups is 1. The van der Waals surface area contributed by atoms with Gasteiger partial charge in [-0.3, -0.25) is 9.59 Å². The van der Waals surface area contributed by atoms with Crippen LogP contribution in [0.2, 0.25) is 0 Å². The minimum atomic E-state index is -0.600. The first-order valence-electron chi connectivity index (χ1n) is 11.8. The number of hydrogen-bond donors (Lipinski definition) is 1. The maximum atomic E-state index is 14.0. The summed E-state index contributed by atoms with van der Waals surface area (Å²) in [6.07, 6.45) is 0.665. The summed E-state index contributed by atoms with van der Waals surface area (Å²) in [5, 5.41) is 2.84. The second-order valence-corrected chi connectivity index (χ2v) is 10.0. The lowest BCUT2D eigenvalue weighted by Crippen LogP contribution is -2.42. The molecule has 4 amide bonds. The van der Waals surface area contributed by atoms with Crippen LogP contribution in [0.3, 0.4) is 0 Å². The van der Waals surface area contributed by atoms with Gasteiger partial charge in [0.15, 0.2) is 0 Å². The van der Waals surface area contributed by atoms with Crippen LogP contribution in [-0.4, -0.2) is 24.4 Å². The number of nitrogens with zero attached hydrogens (tertiary/aromatic N) is 2. The Morgan fingerprint density at radius 1 is 0.857 bits per heavy atom. The smallest absolute Gasteiger partial charge is 0.311 e. The summed E-state index contributed by atoms with van der Waals surface area (Å²) in [6, 6.07) is 19.5. The Morgan fingerprint density at radius 2 is 1.46 bits per heavy atom. The zero-order valence-corrected chi connectivity index (χ0v) is 20.9. The Hall–Kier alpha value is -3.93. The van der Waals surface area contributed by atoms with E-state index in [4.69, 9.17) is 0 Å². The molecule has 6 heteroatoms. The molecule has 0 unspecified atom stereocenters. The molecule has 4 rings (SSSR count). The molecule has 1 aliphatic rings. The molecule has 0 saturated carbocycles. The first kappa shape index (κ1) is 24.2. The number of fused-ring (bicyclic) bond motifs is 1. The molecule has 3 aromatic rings. The van der Waals surface area contributed by atoms with Gasteiger partial charge in [0.1, 0.15) is 0 Å². The Balaban J connectivity index is 1.76. The molecule has 0 fully saturated rings. The maximum Gasteiger partial charge on any atom is 0.333 e. The Labute approximate surface area is 206 Å². The van der Waals surface area contributed by atoms with E-state index in [1.165, 1.54) is 0 Å². The average molecular weight is 470 g/mol. The SMILES string of the molecule is Cc1ccc(NC(=O)N(C(=O)c2cccc3c2N(C(=O)C(C)(C)C)CC3)c2ccc(C)cc2)cc1. The van der Waals surface area contributed by atoms with Crippen molar-refractivity contribution in [2.45, 2.75) is 41.0 Å². The zero-order chi connectivity index (χ0) is 25.3. The molecule has 0 saturated heterocycles. The zero-order valence-electron chi connectivity index (χ0n) is 20.9. The molecular formula is C29H31N3O3. The minimum Gasteiger partial charge on any atom is -0.311 e. The molecule has 1 heterocycles. The van der Waals surface area contributed by atoms with Crippen molar-refractivity contribution in [3.05, 3.63) is 89.0 Å². The minimum absolute atomic E-state index is 0.0532. The third-order valence-corrected chi connectivity index (χ3v) is 6.11. The van der Waals surface area contributed by atoms with E-state index in [1.54, 1.807) is 35.2 Å². The van der Waals surface area contributed by atoms with E-state index in [2.05, 4.69) is 5.32 Å². The van der Waals surface area contributed by atoms with Gasteiger partial charge >= 0.3 is 6.03 Å². The van der Waals surface area contributed by atoms with Gasteiger partial charge < -0.3 is 10.2 Å². The molecule has 180 valence electrons. The van der Waals surface area contributed by atoms with E-state index >= 15 is 0 Å². The van der Waals surface area contributed by atoms with E-state index in [-0.39, 0.29) is 5.91 Å². The van der Waals surface area contributed by atoms with Gasteiger partial charge in [0.2, 0.25) is 5.91 Å². The first-order chi connectivity index (χ1) is 16.6. The van der Waals surface area contributed by atoms with Gasteiger partial charge in [-0.15, -0.1) is 0 Å². The fourth-order valence-electron chi connectivity index (χ4n) is 4.19. The number of aryl methyl sites for hydroxylation is 2. The van der Waals surface area contributed by atoms with Crippen molar-refractivity contribution in [1.82, 2.24) is 0 Å². The third kappa shape index (κ3) is 4.97. The fraction of sp³-hybridized carbons (Fsp3) is 0.276. The lowest BCUT2D eigenvalue weighted by Gasteiger charge is -2.29. The van der Waals surface area contributed by atoms with Gasteiger partial charge in [-0.2, -0.15) is 0 Å². The van der Waals surface area contributed by atoms with Crippen molar-refractivity contribution in [3.8, 4) is 0 Å². The predicted octanol–water partition coefficient (Wildman–Crippen LogP) is 6.12. The van der Waals surface area contributed by atoms with Crippen molar-refractivity contribution in [1.29, 1.82) is 0 Å². The topological polar surface area (TPSA) is 69.7 Å². The van der Waals surface area contributed by atoms with Crippen LogP contribution in [0, 0.1) is 19.3 Å². The summed E-state index contributed by atoms with van der Waals surface area (Å²) in [6.45, 7) is 10.0. The van der Waals surface area contributed by atoms with Gasteiger partial charge in [-0.05, 0) is 56.2 Å². The van der Waals surface area contributed by atoms with Crippen molar-refractivity contribution in [2.75, 3.05) is 21.7 Å². The van der Waals surface area contributed by atoms with Crippen molar-refractivity contribution in [2.24, 2.45) is 5.41 Å². The standard InChI is InChI=1S/C29H31N3O3/c1-19-9-13-22(14-10-19)30-28(35)32(23-15-11-20(2)12-16-23)26(33)24-8-6-7-21-17-18-31(25(21)24)27(34)29(3,4)5/h6-16H,17-18H2,1-5H3,(H,30,35). The molecule has 0 bridgehead atoms. The summed E-state index contributed by atoms with van der Waals surface area (Å²) in [5.41, 5.74) is 4.38. The normalized spacial score (nSPS) is 12.8. The molecule has 0 atom stereocenters. The monoisotopic (exact) mass is 469 g/mol. The molecule has 1 aliphatic heterocycles. The lowest BCUT2D eigenvalue weighted by atomic mass is 9.94. The number of nitrogens with one attached hydrogen (secondary N) is 1. The van der Waals surface area contributed by atoms with E-state index in [9.17, 15) is 14.4 Å². The van der Waals surface area contributed by atoms with Gasteiger partial charge in [-0.1, -0.05) is 68.3 Å². The lowest BCUT2D eigenvalue weighted by molar-refractivity contribution is -0.125. The number of benzene rings is 3. The molecule has 0 aliphatic carbocycles. The van der Waals surface area contributed by atoms with Gasteiger partial charge in [0.05, 0.1) is 16.9 Å². The van der Waals surface area contributed by atoms with E-state index in [1.807, 2.05) is 71.0 Å². The molecule has 35 heavy (non-hydrogen) atoms. The maximum absolute atomic E-state index is 14.0. The van der Waals surface area contributed by atoms with Crippen molar-refractivity contribution >= 4 is 34.9 Å². The number of rotatable bonds is 3. The number of urea groups is 1. The molecule has 3 aromatic carbocycles. The second kappa shape index (κ2) is 9.37. The highest BCUT2D eigenvalue weighted by atomic mass is 16.2. The van der Waals surface area contributed by atoms with Crippen LogP contribution in [-0.2, 0) is 11.2 Å². The summed E-state index contributed by atoms with van der Waals surface area (Å²) in [4.78, 5) is 43.5. The van der Waals surface area contributed by atoms with E-state index in [0.717, 1.165) is 21.6 Å². The van der Waals surface area contributed by atoms with Crippen LogP contribution in [0.5, 0.6) is 0 Å². The fourth-order valence-corrected chi connectivity index (χ4v) is 4.19. The second-order valence-electron chi connectivity index (χ2n) is 10.0. The molecule has 0 spiro atoms. The number of carbonyl (C=O) groups is 3. The Kier molecular flexibility index (Phi) is 6.48. The average Bonchev–Trinajstić information content (AvgIpc) is 3.25. The van der Waals surface area contributed by atoms with Crippen molar-refractivity contribution < 1.29 is 14.4 Å². The van der Waals surface area contributed by atoms with Crippen LogP contribution in [0.25, 0.3) is 0 Å². The summed E-state index contributed by atoms with van der Waals surface area (Å²) >= 11 is 0. The molecule has 1 N–H and O–H groups in total. The molecule has 0 radical (unpaired) electrons. The van der Waals surface area contributed by atoms with Crippen LogP contribution >= 0.6 is 0 Å². The van der Waals surface area contributed by atoms with Crippen LogP contribution in [0.4, 0.5) is 21.9 Å². The van der Waals surface area contributed by atoms with Crippen LogP contribution < -0.4 is 15.1 Å². The van der Waals surface area contributed by atoms with Crippen molar-refractivity contribution in [3.63, 3.8) is 0 Å². The van der Waals surface area contributed by atoms with Gasteiger partial charge in [0, 0.05) is 17.6 Å². The number of amides is 4. The van der Waals surface area contributed by atoms with E-state index in [0.29, 0.717) is 35.6 Å². The first-order valence-corrected chi connectivity index (χ1v) is 11.8. The summed E-state index contributed by atoms with van der Waals surface area (Å²) < 4.78 is 0. The molecule has 6 nitrogen and oxygen atoms in total. The Bertz CT molecular complexity index is 1270. The van der Waals surface area contributed by atoms with E-state index < -0.39 is 17.4 Å². The number of carbonyl (C=O) groups excluding carboxylic acids is 3. The number of anilines is 3. The highest BCUT2D eigenvalue weighted by Gasteiger charge is 2.37. The van der Waals surface area contributed by atoms with Crippen LogP contribution in [0.1, 0.15) is 47.8 Å². The van der Waals surface area contributed by atoms with Gasteiger partial charge in [0.25, 0.3) is 5.91 Å². The number of para-hydroxylation sites is 1. The van der Waals surface area contributed by atoms with Crippen LogP contribution in [0.15, 0.2) is 66.7 Å². The predicted molar refractivity (Wildman–Crippen MR) is 140 cm³/mol. The van der Waals surface area contributed by atoms with Gasteiger partial charge in [-0.25, -0.2) is 9.69 Å². The number of hydrogen-bond acceptors (Lipinski definition) is 3. The highest BCUT2D eigenvalue weighted by molar-refractivity contribution is 6.26. The molecule has 0 aromatic heterocycles.